The van der Waals surface area contributed by atoms with Crippen LogP contribution in [0.2, 0.25) is 0 Å². The van der Waals surface area contributed by atoms with Crippen molar-refractivity contribution in [3.8, 4) is 0 Å². The highest BCUT2D eigenvalue weighted by molar-refractivity contribution is 9.10. The summed E-state index contributed by atoms with van der Waals surface area (Å²) in [5.41, 5.74) is 0.556. The van der Waals surface area contributed by atoms with Crippen molar-refractivity contribution >= 4 is 27.7 Å². The molecule has 1 aromatic rings. The lowest BCUT2D eigenvalue weighted by molar-refractivity contribution is -0.131. The summed E-state index contributed by atoms with van der Waals surface area (Å²) in [7, 11) is 0. The van der Waals surface area contributed by atoms with Gasteiger partial charge in [-0.3, -0.25) is 9.59 Å². The van der Waals surface area contributed by atoms with E-state index in [2.05, 4.69) is 26.6 Å². The third kappa shape index (κ3) is 5.05. The van der Waals surface area contributed by atoms with Gasteiger partial charge in [-0.1, -0.05) is 22.0 Å². The van der Waals surface area contributed by atoms with E-state index in [0.29, 0.717) is 11.6 Å². The van der Waals surface area contributed by atoms with Gasteiger partial charge in [0.1, 0.15) is 0 Å². The zero-order valence-electron chi connectivity index (χ0n) is 13.8. The topological polar surface area (TPSA) is 61.4 Å². The number of carbonyl (C=O) groups is 2. The molecule has 1 aliphatic carbocycles. The maximum atomic E-state index is 12.3. The Morgan fingerprint density at radius 2 is 1.92 bits per heavy atom. The second-order valence-electron chi connectivity index (χ2n) is 6.70. The summed E-state index contributed by atoms with van der Waals surface area (Å²) in [6.45, 7) is 2.73. The van der Waals surface area contributed by atoms with Gasteiger partial charge in [-0.2, -0.15) is 0 Å². The molecule has 2 amide bonds. The van der Waals surface area contributed by atoms with Crippen LogP contribution in [0.25, 0.3) is 0 Å². The summed E-state index contributed by atoms with van der Waals surface area (Å²) in [6, 6.07) is 7.69. The molecule has 1 saturated carbocycles. The van der Waals surface area contributed by atoms with Gasteiger partial charge in [-0.15, -0.1) is 0 Å². The summed E-state index contributed by atoms with van der Waals surface area (Å²) in [5, 5.41) is 6.32. The first-order chi connectivity index (χ1) is 11.6. The van der Waals surface area contributed by atoms with E-state index < -0.39 is 0 Å². The van der Waals surface area contributed by atoms with Crippen molar-refractivity contribution < 1.29 is 9.59 Å². The molecule has 0 aromatic heterocycles. The van der Waals surface area contributed by atoms with Crippen LogP contribution in [0, 0.1) is 5.92 Å². The number of carbonyl (C=O) groups excluding carboxylic acids is 2. The molecule has 0 bridgehead atoms. The lowest BCUT2D eigenvalue weighted by Gasteiger charge is -2.32. The average molecular weight is 394 g/mol. The number of hydrogen-bond acceptors (Lipinski definition) is 3. The van der Waals surface area contributed by atoms with E-state index >= 15 is 0 Å². The molecular weight excluding hydrogens is 370 g/mol. The monoisotopic (exact) mass is 393 g/mol. The van der Waals surface area contributed by atoms with Crippen LogP contribution in [0.4, 0.5) is 0 Å². The van der Waals surface area contributed by atoms with E-state index in [-0.39, 0.29) is 18.4 Å². The second-order valence-corrected chi connectivity index (χ2v) is 7.62. The lowest BCUT2D eigenvalue weighted by atomic mass is 10.0. The minimum absolute atomic E-state index is 0.000935. The van der Waals surface area contributed by atoms with Crippen molar-refractivity contribution in [2.24, 2.45) is 5.92 Å². The maximum absolute atomic E-state index is 12.3. The molecule has 6 heteroatoms. The summed E-state index contributed by atoms with van der Waals surface area (Å²) in [6.07, 6.45) is 4.72. The molecule has 24 heavy (non-hydrogen) atoms. The highest BCUT2D eigenvalue weighted by atomic mass is 79.9. The molecule has 2 aliphatic rings. The van der Waals surface area contributed by atoms with E-state index in [9.17, 15) is 9.59 Å². The van der Waals surface area contributed by atoms with Crippen molar-refractivity contribution in [3.05, 3.63) is 34.3 Å². The van der Waals surface area contributed by atoms with E-state index in [1.165, 1.54) is 12.8 Å². The number of hydrogen-bond donors (Lipinski definition) is 2. The lowest BCUT2D eigenvalue weighted by Crippen LogP contribution is -2.48. The highest BCUT2D eigenvalue weighted by Crippen LogP contribution is 2.28. The van der Waals surface area contributed by atoms with E-state index in [1.807, 2.05) is 11.0 Å². The van der Waals surface area contributed by atoms with Gasteiger partial charge < -0.3 is 15.5 Å². The summed E-state index contributed by atoms with van der Waals surface area (Å²) >= 11 is 3.34. The molecule has 3 rings (SSSR count). The second kappa shape index (κ2) is 8.12. The number of amides is 2. The molecule has 1 aromatic carbocycles. The highest BCUT2D eigenvalue weighted by Gasteiger charge is 2.26. The SMILES string of the molecule is O=C(NCC(=O)N1CCC(NCC2CC2)CC1)c1cccc(Br)c1. The number of rotatable bonds is 6. The molecule has 2 fully saturated rings. The van der Waals surface area contributed by atoms with Crippen LogP contribution < -0.4 is 10.6 Å². The van der Waals surface area contributed by atoms with Crippen LogP contribution in [0.5, 0.6) is 0 Å². The van der Waals surface area contributed by atoms with Gasteiger partial charge in [0.05, 0.1) is 6.54 Å². The van der Waals surface area contributed by atoms with Gasteiger partial charge in [0, 0.05) is 29.2 Å². The van der Waals surface area contributed by atoms with Crippen molar-refractivity contribution in [2.45, 2.75) is 31.7 Å². The van der Waals surface area contributed by atoms with Crippen molar-refractivity contribution in [1.82, 2.24) is 15.5 Å². The van der Waals surface area contributed by atoms with Gasteiger partial charge in [0.2, 0.25) is 5.91 Å². The summed E-state index contributed by atoms with van der Waals surface area (Å²) in [4.78, 5) is 26.2. The molecule has 1 aliphatic heterocycles. The van der Waals surface area contributed by atoms with Crippen LogP contribution >= 0.6 is 15.9 Å². The quantitative estimate of drug-likeness (QED) is 0.778. The average Bonchev–Trinajstić information content (AvgIpc) is 3.42. The smallest absolute Gasteiger partial charge is 0.251 e. The number of likely N-dealkylation sites (tertiary alicyclic amines) is 1. The zero-order valence-corrected chi connectivity index (χ0v) is 15.3. The molecule has 0 radical (unpaired) electrons. The Labute approximate surface area is 151 Å². The Morgan fingerprint density at radius 1 is 1.17 bits per heavy atom. The standard InChI is InChI=1S/C18H24BrN3O2/c19-15-3-1-2-14(10-15)18(24)21-12-17(23)22-8-6-16(7-9-22)20-11-13-4-5-13/h1-3,10,13,16,20H,4-9,11-12H2,(H,21,24). The molecular formula is C18H24BrN3O2. The third-order valence-electron chi connectivity index (χ3n) is 4.73. The molecule has 0 unspecified atom stereocenters. The number of benzene rings is 1. The first-order valence-corrected chi connectivity index (χ1v) is 9.46. The van der Waals surface area contributed by atoms with Crippen molar-refractivity contribution in [3.63, 3.8) is 0 Å². The molecule has 2 N–H and O–H groups in total. The Balaban J connectivity index is 1.38. The Morgan fingerprint density at radius 3 is 2.58 bits per heavy atom. The van der Waals surface area contributed by atoms with Gasteiger partial charge >= 0.3 is 0 Å². The Bertz CT molecular complexity index is 596. The number of nitrogens with zero attached hydrogens (tertiary/aromatic N) is 1. The normalized spacial score (nSPS) is 18.5. The fraction of sp³-hybridized carbons (Fsp3) is 0.556. The molecule has 0 atom stereocenters. The number of nitrogens with one attached hydrogen (secondary N) is 2. The molecule has 130 valence electrons. The number of piperidine rings is 1. The summed E-state index contributed by atoms with van der Waals surface area (Å²) in [5.74, 6) is 0.669. The predicted octanol–water partition coefficient (Wildman–Crippen LogP) is 2.17. The molecule has 1 heterocycles. The number of halogens is 1. The fourth-order valence-electron chi connectivity index (χ4n) is 2.99. The molecule has 5 nitrogen and oxygen atoms in total. The van der Waals surface area contributed by atoms with E-state index in [0.717, 1.165) is 42.9 Å². The first-order valence-electron chi connectivity index (χ1n) is 8.67. The maximum Gasteiger partial charge on any atom is 0.251 e. The molecule has 1 saturated heterocycles. The van der Waals surface area contributed by atoms with Crippen molar-refractivity contribution in [1.29, 1.82) is 0 Å². The van der Waals surface area contributed by atoms with Crippen LogP contribution in [-0.2, 0) is 4.79 Å². The minimum atomic E-state index is -0.217. The van der Waals surface area contributed by atoms with Gasteiger partial charge in [0.15, 0.2) is 0 Å². The first kappa shape index (κ1) is 17.4. The Hall–Kier alpha value is -1.40. The van der Waals surface area contributed by atoms with Crippen molar-refractivity contribution in [2.75, 3.05) is 26.2 Å². The largest absolute Gasteiger partial charge is 0.343 e. The van der Waals surface area contributed by atoms with E-state index in [1.54, 1.807) is 18.2 Å². The van der Waals surface area contributed by atoms with Crippen LogP contribution in [0.1, 0.15) is 36.0 Å². The van der Waals surface area contributed by atoms with E-state index in [4.69, 9.17) is 0 Å². The Kier molecular flexibility index (Phi) is 5.89. The van der Waals surface area contributed by atoms with Gasteiger partial charge in [0.25, 0.3) is 5.91 Å². The predicted molar refractivity (Wildman–Crippen MR) is 96.8 cm³/mol. The van der Waals surface area contributed by atoms with Gasteiger partial charge in [-0.25, -0.2) is 0 Å². The van der Waals surface area contributed by atoms with Crippen LogP contribution in [0.3, 0.4) is 0 Å². The fourth-order valence-corrected chi connectivity index (χ4v) is 3.39. The summed E-state index contributed by atoms with van der Waals surface area (Å²) < 4.78 is 0.849. The zero-order chi connectivity index (χ0) is 16.9. The third-order valence-corrected chi connectivity index (χ3v) is 5.22. The molecule has 0 spiro atoms. The minimum Gasteiger partial charge on any atom is -0.343 e. The van der Waals surface area contributed by atoms with Crippen LogP contribution in [-0.4, -0.2) is 48.9 Å². The van der Waals surface area contributed by atoms with Crippen LogP contribution in [0.15, 0.2) is 28.7 Å². The van der Waals surface area contributed by atoms with Gasteiger partial charge in [-0.05, 0) is 56.3 Å².